The van der Waals surface area contributed by atoms with Gasteiger partial charge >= 0.3 is 0 Å². The zero-order chi connectivity index (χ0) is 18.0. The Labute approximate surface area is 156 Å². The molecule has 1 amide bonds. The maximum Gasteiger partial charge on any atom is 0.261 e. The number of aromatic nitrogens is 2. The summed E-state index contributed by atoms with van der Waals surface area (Å²) in [5, 5.41) is 12.4. The lowest BCUT2D eigenvalue weighted by Gasteiger charge is -2.10. The summed E-state index contributed by atoms with van der Waals surface area (Å²) in [6.07, 6.45) is 0. The lowest BCUT2D eigenvalue weighted by atomic mass is 10.2. The molecule has 0 bridgehead atoms. The molecule has 7 heteroatoms. The first-order chi connectivity index (χ1) is 12.0. The summed E-state index contributed by atoms with van der Waals surface area (Å²) in [5.74, 6) is -0.0491. The topological polar surface area (TPSA) is 58.9 Å². The van der Waals surface area contributed by atoms with Gasteiger partial charge in [-0.3, -0.25) is 9.48 Å². The Kier molecular flexibility index (Phi) is 5.42. The van der Waals surface area contributed by atoms with Crippen molar-refractivity contribution in [2.75, 3.05) is 13.6 Å². The minimum absolute atomic E-state index is 0.0491. The first-order valence-corrected chi connectivity index (χ1v) is 9.35. The molecule has 25 heavy (non-hydrogen) atoms. The number of halogens is 1. The Morgan fingerprint density at radius 1 is 1.40 bits per heavy atom. The fourth-order valence-electron chi connectivity index (χ4n) is 2.55. The number of nitrogens with zero attached hydrogens (tertiary/aromatic N) is 2. The molecule has 1 unspecified atom stereocenters. The van der Waals surface area contributed by atoms with Crippen LogP contribution in [-0.2, 0) is 6.54 Å². The highest BCUT2D eigenvalue weighted by Gasteiger charge is 2.17. The molecule has 3 aromatic rings. The lowest BCUT2D eigenvalue weighted by molar-refractivity contribution is 0.0954. The van der Waals surface area contributed by atoms with Gasteiger partial charge in [0.15, 0.2) is 0 Å². The standard InChI is InChI=1S/C18H21ClN4OS/c1-11(20-3)9-21-17(24)16-8-14-12(2)22-23(18(14)25-16)10-13-6-4-5-7-15(13)19/h4-8,11,20H,9-10H2,1-3H3,(H,21,24). The molecular formula is C18H21ClN4OS. The molecule has 0 aliphatic heterocycles. The van der Waals surface area contributed by atoms with Gasteiger partial charge in [0.1, 0.15) is 4.83 Å². The van der Waals surface area contributed by atoms with E-state index in [4.69, 9.17) is 11.6 Å². The highest BCUT2D eigenvalue weighted by molar-refractivity contribution is 7.20. The molecule has 1 atom stereocenters. The van der Waals surface area contributed by atoms with E-state index in [0.29, 0.717) is 18.0 Å². The molecule has 5 nitrogen and oxygen atoms in total. The van der Waals surface area contributed by atoms with Crippen molar-refractivity contribution in [2.45, 2.75) is 26.4 Å². The fourth-order valence-corrected chi connectivity index (χ4v) is 3.83. The van der Waals surface area contributed by atoms with Crippen LogP contribution in [0.4, 0.5) is 0 Å². The predicted octanol–water partition coefficient (Wildman–Crippen LogP) is 3.45. The summed E-state index contributed by atoms with van der Waals surface area (Å²) < 4.78 is 1.92. The Bertz CT molecular complexity index is 902. The highest BCUT2D eigenvalue weighted by Crippen LogP contribution is 2.29. The molecule has 132 valence electrons. The van der Waals surface area contributed by atoms with Gasteiger partial charge in [0.25, 0.3) is 5.91 Å². The van der Waals surface area contributed by atoms with Gasteiger partial charge in [0.05, 0.1) is 17.1 Å². The number of amides is 1. The molecule has 0 aliphatic rings. The van der Waals surface area contributed by atoms with Crippen LogP contribution in [0.3, 0.4) is 0 Å². The van der Waals surface area contributed by atoms with Crippen molar-refractivity contribution in [1.29, 1.82) is 0 Å². The van der Waals surface area contributed by atoms with E-state index in [1.54, 1.807) is 0 Å². The van der Waals surface area contributed by atoms with Gasteiger partial charge in [-0.05, 0) is 38.6 Å². The number of rotatable bonds is 6. The summed E-state index contributed by atoms with van der Waals surface area (Å²) in [7, 11) is 1.88. The van der Waals surface area contributed by atoms with Gasteiger partial charge in [-0.25, -0.2) is 0 Å². The average Bonchev–Trinajstić information content (AvgIpc) is 3.16. The Hall–Kier alpha value is -1.89. The molecule has 0 fully saturated rings. The van der Waals surface area contributed by atoms with Crippen LogP contribution in [0.2, 0.25) is 5.02 Å². The molecule has 2 aromatic heterocycles. The molecule has 0 spiro atoms. The van der Waals surface area contributed by atoms with Gasteiger partial charge in [-0.15, -0.1) is 11.3 Å². The molecule has 2 heterocycles. The number of carbonyl (C=O) groups excluding carboxylic acids is 1. The van der Waals surface area contributed by atoms with Crippen LogP contribution >= 0.6 is 22.9 Å². The van der Waals surface area contributed by atoms with Crippen LogP contribution in [0.25, 0.3) is 10.2 Å². The maximum atomic E-state index is 12.4. The average molecular weight is 377 g/mol. The second-order valence-electron chi connectivity index (χ2n) is 6.06. The number of likely N-dealkylation sites (N-methyl/N-ethyl adjacent to an activating group) is 1. The largest absolute Gasteiger partial charge is 0.350 e. The van der Waals surface area contributed by atoms with E-state index in [9.17, 15) is 4.79 Å². The molecule has 0 saturated carbocycles. The number of hydrogen-bond acceptors (Lipinski definition) is 4. The van der Waals surface area contributed by atoms with Crippen LogP contribution in [-0.4, -0.2) is 35.3 Å². The van der Waals surface area contributed by atoms with Crippen molar-refractivity contribution in [3.05, 3.63) is 51.5 Å². The van der Waals surface area contributed by atoms with E-state index in [0.717, 1.165) is 26.5 Å². The van der Waals surface area contributed by atoms with Gasteiger partial charge < -0.3 is 10.6 Å². The van der Waals surface area contributed by atoms with Crippen LogP contribution < -0.4 is 10.6 Å². The number of thiophene rings is 1. The second kappa shape index (κ2) is 7.56. The van der Waals surface area contributed by atoms with E-state index in [2.05, 4.69) is 15.7 Å². The Morgan fingerprint density at radius 2 is 2.16 bits per heavy atom. The molecule has 0 aliphatic carbocycles. The number of carbonyl (C=O) groups is 1. The van der Waals surface area contributed by atoms with Crippen LogP contribution in [0.1, 0.15) is 27.9 Å². The summed E-state index contributed by atoms with van der Waals surface area (Å²) in [6, 6.07) is 9.90. The number of fused-ring (bicyclic) bond motifs is 1. The lowest BCUT2D eigenvalue weighted by Crippen LogP contribution is -2.36. The van der Waals surface area contributed by atoms with Crippen molar-refractivity contribution in [3.8, 4) is 0 Å². The summed E-state index contributed by atoms with van der Waals surface area (Å²) >= 11 is 7.73. The first kappa shape index (κ1) is 17.9. The number of aryl methyl sites for hydroxylation is 1. The van der Waals surface area contributed by atoms with E-state index < -0.39 is 0 Å². The van der Waals surface area contributed by atoms with Crippen molar-refractivity contribution in [2.24, 2.45) is 0 Å². The third-order valence-corrected chi connectivity index (χ3v) is 5.69. The van der Waals surface area contributed by atoms with Gasteiger partial charge in [0, 0.05) is 23.0 Å². The molecule has 3 rings (SSSR count). The van der Waals surface area contributed by atoms with Crippen LogP contribution in [0.15, 0.2) is 30.3 Å². The van der Waals surface area contributed by atoms with Crippen LogP contribution in [0.5, 0.6) is 0 Å². The highest BCUT2D eigenvalue weighted by atomic mass is 35.5. The van der Waals surface area contributed by atoms with Gasteiger partial charge in [-0.1, -0.05) is 29.8 Å². The molecule has 1 aromatic carbocycles. The Morgan fingerprint density at radius 3 is 2.88 bits per heavy atom. The van der Waals surface area contributed by atoms with E-state index in [1.165, 1.54) is 11.3 Å². The maximum absolute atomic E-state index is 12.4. The van der Waals surface area contributed by atoms with Crippen molar-refractivity contribution >= 4 is 39.1 Å². The van der Waals surface area contributed by atoms with E-state index in [1.807, 2.05) is 55.9 Å². The van der Waals surface area contributed by atoms with Gasteiger partial charge in [-0.2, -0.15) is 5.10 Å². The van der Waals surface area contributed by atoms with E-state index in [-0.39, 0.29) is 11.9 Å². The predicted molar refractivity (Wildman–Crippen MR) is 104 cm³/mol. The summed E-state index contributed by atoms with van der Waals surface area (Å²) in [5.41, 5.74) is 1.93. The third-order valence-electron chi connectivity index (χ3n) is 4.17. The van der Waals surface area contributed by atoms with E-state index >= 15 is 0 Å². The zero-order valence-corrected chi connectivity index (χ0v) is 16.0. The third kappa shape index (κ3) is 3.86. The first-order valence-electron chi connectivity index (χ1n) is 8.15. The van der Waals surface area contributed by atoms with Crippen LogP contribution in [0, 0.1) is 6.92 Å². The molecule has 2 N–H and O–H groups in total. The smallest absolute Gasteiger partial charge is 0.261 e. The second-order valence-corrected chi connectivity index (χ2v) is 7.50. The minimum atomic E-state index is -0.0491. The normalized spacial score (nSPS) is 12.5. The van der Waals surface area contributed by atoms with Crippen molar-refractivity contribution in [3.63, 3.8) is 0 Å². The molecule has 0 saturated heterocycles. The van der Waals surface area contributed by atoms with Crippen molar-refractivity contribution in [1.82, 2.24) is 20.4 Å². The number of benzene rings is 1. The quantitative estimate of drug-likeness (QED) is 0.692. The van der Waals surface area contributed by atoms with Gasteiger partial charge in [0.2, 0.25) is 0 Å². The zero-order valence-electron chi connectivity index (χ0n) is 14.5. The minimum Gasteiger partial charge on any atom is -0.350 e. The summed E-state index contributed by atoms with van der Waals surface area (Å²) in [4.78, 5) is 14.1. The molecule has 0 radical (unpaired) electrons. The Balaban J connectivity index is 1.86. The monoisotopic (exact) mass is 376 g/mol. The molecular weight excluding hydrogens is 356 g/mol. The fraction of sp³-hybridized carbons (Fsp3) is 0.333. The summed E-state index contributed by atoms with van der Waals surface area (Å²) in [6.45, 7) is 5.16. The number of hydrogen-bond donors (Lipinski definition) is 2. The van der Waals surface area contributed by atoms with Crippen molar-refractivity contribution < 1.29 is 4.79 Å². The number of nitrogens with one attached hydrogen (secondary N) is 2. The SMILES string of the molecule is CNC(C)CNC(=O)c1cc2c(C)nn(Cc3ccccc3Cl)c2s1.